The summed E-state index contributed by atoms with van der Waals surface area (Å²) in [5.74, 6) is -3.77. The van der Waals surface area contributed by atoms with E-state index in [0.717, 1.165) is 17.7 Å². The van der Waals surface area contributed by atoms with Gasteiger partial charge in [0, 0.05) is 12.1 Å². The molecule has 0 heterocycles. The van der Waals surface area contributed by atoms with E-state index >= 15 is 0 Å². The van der Waals surface area contributed by atoms with Crippen molar-refractivity contribution >= 4 is 15.7 Å². The van der Waals surface area contributed by atoms with Crippen LogP contribution in [0.3, 0.4) is 0 Å². The van der Waals surface area contributed by atoms with Gasteiger partial charge in [-0.05, 0) is 35.7 Å². The highest BCUT2D eigenvalue weighted by atomic mass is 32.2. The van der Waals surface area contributed by atoms with Crippen LogP contribution in [0.2, 0.25) is 0 Å². The van der Waals surface area contributed by atoms with E-state index in [1.807, 2.05) is 37.3 Å². The maximum atomic E-state index is 12.5. The zero-order valence-electron chi connectivity index (χ0n) is 12.9. The molecular formula is C17H17F2NO3S. The Bertz CT molecular complexity index is 790. The molecule has 1 unspecified atom stereocenters. The van der Waals surface area contributed by atoms with Gasteiger partial charge in [0.1, 0.15) is 0 Å². The van der Waals surface area contributed by atoms with E-state index in [2.05, 4.69) is 5.32 Å². The zero-order valence-corrected chi connectivity index (χ0v) is 13.8. The fourth-order valence-electron chi connectivity index (χ4n) is 2.15. The maximum Gasteiger partial charge on any atom is 0.341 e. The summed E-state index contributed by atoms with van der Waals surface area (Å²) in [7, 11) is -4.65. The number of carbonyl (C=O) groups is 1. The van der Waals surface area contributed by atoms with E-state index in [1.165, 1.54) is 12.1 Å². The molecule has 7 heteroatoms. The predicted molar refractivity (Wildman–Crippen MR) is 86.8 cm³/mol. The summed E-state index contributed by atoms with van der Waals surface area (Å²) >= 11 is 0. The molecule has 0 aliphatic heterocycles. The second-order valence-corrected chi connectivity index (χ2v) is 7.27. The molecule has 4 nitrogen and oxygen atoms in total. The zero-order chi connectivity index (χ0) is 17.7. The molecule has 1 N–H and O–H groups in total. The summed E-state index contributed by atoms with van der Waals surface area (Å²) in [5.41, 5.74) is 1.29. The average molecular weight is 353 g/mol. The molecule has 0 radical (unpaired) electrons. The standard InChI is InChI=1S/C17H17F2NO3S/c1-12(13-5-3-2-4-6-13)11-20-16(21)14-7-9-15(10-8-14)24(22,23)17(18)19/h2-10,12,17H,11H2,1H3,(H,20,21). The minimum Gasteiger partial charge on any atom is -0.351 e. The van der Waals surface area contributed by atoms with E-state index < -0.39 is 26.4 Å². The molecule has 0 saturated carbocycles. The van der Waals surface area contributed by atoms with Gasteiger partial charge in [-0.1, -0.05) is 37.3 Å². The Morgan fingerprint density at radius 3 is 2.17 bits per heavy atom. The lowest BCUT2D eigenvalue weighted by Gasteiger charge is -2.13. The number of sulfone groups is 1. The SMILES string of the molecule is CC(CNC(=O)c1ccc(S(=O)(=O)C(F)F)cc1)c1ccccc1. The van der Waals surface area contributed by atoms with Crippen molar-refractivity contribution in [2.45, 2.75) is 23.5 Å². The third kappa shape index (κ3) is 4.17. The topological polar surface area (TPSA) is 63.2 Å². The monoisotopic (exact) mass is 353 g/mol. The van der Waals surface area contributed by atoms with Crippen LogP contribution >= 0.6 is 0 Å². The Labute approximate surface area is 139 Å². The maximum absolute atomic E-state index is 12.5. The third-order valence-corrected chi connectivity index (χ3v) is 5.02. The summed E-state index contributed by atoms with van der Waals surface area (Å²) in [6.45, 7) is 2.37. The van der Waals surface area contributed by atoms with Gasteiger partial charge in [-0.15, -0.1) is 0 Å². The Kier molecular flexibility index (Phi) is 5.66. The highest BCUT2D eigenvalue weighted by Crippen LogP contribution is 2.19. The van der Waals surface area contributed by atoms with Crippen LogP contribution in [-0.2, 0) is 9.84 Å². The van der Waals surface area contributed by atoms with Crippen molar-refractivity contribution in [2.24, 2.45) is 0 Å². The van der Waals surface area contributed by atoms with Gasteiger partial charge in [0.25, 0.3) is 5.91 Å². The van der Waals surface area contributed by atoms with Crippen molar-refractivity contribution in [1.82, 2.24) is 5.32 Å². The fraction of sp³-hybridized carbons (Fsp3) is 0.235. The molecule has 2 rings (SSSR count). The first-order valence-electron chi connectivity index (χ1n) is 7.27. The molecule has 0 spiro atoms. The lowest BCUT2D eigenvalue weighted by molar-refractivity contribution is 0.0951. The van der Waals surface area contributed by atoms with E-state index in [1.54, 1.807) is 0 Å². The fourth-order valence-corrected chi connectivity index (χ4v) is 2.87. The van der Waals surface area contributed by atoms with Crippen LogP contribution in [0.25, 0.3) is 0 Å². The van der Waals surface area contributed by atoms with E-state index in [9.17, 15) is 22.0 Å². The van der Waals surface area contributed by atoms with Crippen molar-refractivity contribution in [2.75, 3.05) is 6.54 Å². The Balaban J connectivity index is 2.01. The van der Waals surface area contributed by atoms with Crippen LogP contribution in [-0.4, -0.2) is 26.6 Å². The molecule has 1 amide bonds. The van der Waals surface area contributed by atoms with Crippen molar-refractivity contribution in [3.05, 3.63) is 65.7 Å². The number of hydrogen-bond donors (Lipinski definition) is 1. The lowest BCUT2D eigenvalue weighted by atomic mass is 10.0. The molecule has 24 heavy (non-hydrogen) atoms. The number of nitrogens with one attached hydrogen (secondary N) is 1. The summed E-state index contributed by atoms with van der Waals surface area (Å²) in [4.78, 5) is 11.6. The van der Waals surface area contributed by atoms with Gasteiger partial charge in [0.2, 0.25) is 9.84 Å². The van der Waals surface area contributed by atoms with Gasteiger partial charge in [-0.3, -0.25) is 4.79 Å². The van der Waals surface area contributed by atoms with Gasteiger partial charge >= 0.3 is 5.76 Å². The predicted octanol–water partition coefficient (Wildman–Crippen LogP) is 3.22. The molecule has 2 aromatic carbocycles. The Morgan fingerprint density at radius 2 is 1.62 bits per heavy atom. The van der Waals surface area contributed by atoms with Crippen LogP contribution in [0.4, 0.5) is 8.78 Å². The van der Waals surface area contributed by atoms with Gasteiger partial charge < -0.3 is 5.32 Å². The number of rotatable bonds is 6. The molecule has 0 bridgehead atoms. The smallest absolute Gasteiger partial charge is 0.341 e. The number of amides is 1. The molecular weight excluding hydrogens is 336 g/mol. The molecule has 2 aromatic rings. The van der Waals surface area contributed by atoms with Crippen molar-refractivity contribution in [3.63, 3.8) is 0 Å². The number of halogens is 2. The first-order chi connectivity index (χ1) is 11.3. The van der Waals surface area contributed by atoms with Crippen molar-refractivity contribution in [1.29, 1.82) is 0 Å². The second-order valence-electron chi connectivity index (χ2n) is 5.35. The summed E-state index contributed by atoms with van der Waals surface area (Å²) in [6.07, 6.45) is 0. The van der Waals surface area contributed by atoms with E-state index in [4.69, 9.17) is 0 Å². The quantitative estimate of drug-likeness (QED) is 0.867. The summed E-state index contributed by atoms with van der Waals surface area (Å²) < 4.78 is 47.6. The molecule has 0 aromatic heterocycles. The second kappa shape index (κ2) is 7.53. The van der Waals surface area contributed by atoms with Gasteiger partial charge in [0.05, 0.1) is 4.90 Å². The number of hydrogen-bond acceptors (Lipinski definition) is 3. The number of alkyl halides is 2. The number of carbonyl (C=O) groups excluding carboxylic acids is 1. The van der Waals surface area contributed by atoms with Crippen LogP contribution in [0.15, 0.2) is 59.5 Å². The summed E-state index contributed by atoms with van der Waals surface area (Å²) in [5, 5.41) is 2.74. The van der Waals surface area contributed by atoms with Crippen LogP contribution in [0.5, 0.6) is 0 Å². The minimum absolute atomic E-state index is 0.105. The first-order valence-corrected chi connectivity index (χ1v) is 8.82. The Morgan fingerprint density at radius 1 is 1.04 bits per heavy atom. The molecule has 0 aliphatic rings. The molecule has 0 saturated heterocycles. The summed E-state index contributed by atoms with van der Waals surface area (Å²) in [6, 6.07) is 14.1. The highest BCUT2D eigenvalue weighted by Gasteiger charge is 2.26. The largest absolute Gasteiger partial charge is 0.351 e. The minimum atomic E-state index is -4.65. The van der Waals surface area contributed by atoms with Crippen LogP contribution in [0.1, 0.15) is 28.8 Å². The van der Waals surface area contributed by atoms with Crippen molar-refractivity contribution in [3.8, 4) is 0 Å². The average Bonchev–Trinajstić information content (AvgIpc) is 2.60. The van der Waals surface area contributed by atoms with Crippen LogP contribution in [0, 0.1) is 0 Å². The van der Waals surface area contributed by atoms with Gasteiger partial charge in [0.15, 0.2) is 0 Å². The highest BCUT2D eigenvalue weighted by molar-refractivity contribution is 7.91. The molecule has 0 fully saturated rings. The number of benzene rings is 2. The van der Waals surface area contributed by atoms with Crippen LogP contribution < -0.4 is 5.32 Å². The van der Waals surface area contributed by atoms with Crippen molar-refractivity contribution < 1.29 is 22.0 Å². The van der Waals surface area contributed by atoms with Gasteiger partial charge in [-0.25, -0.2) is 8.42 Å². The van der Waals surface area contributed by atoms with E-state index in [-0.39, 0.29) is 11.5 Å². The Hall–Kier alpha value is -2.28. The molecule has 0 aliphatic carbocycles. The third-order valence-electron chi connectivity index (χ3n) is 3.62. The molecule has 1 atom stereocenters. The normalized spacial score (nSPS) is 12.8. The molecule has 128 valence electrons. The first kappa shape index (κ1) is 18.1. The van der Waals surface area contributed by atoms with E-state index in [0.29, 0.717) is 6.54 Å². The lowest BCUT2D eigenvalue weighted by Crippen LogP contribution is -2.27. The van der Waals surface area contributed by atoms with Gasteiger partial charge in [-0.2, -0.15) is 8.78 Å².